The number of nitriles is 1. The van der Waals surface area contributed by atoms with Crippen LogP contribution in [0, 0.1) is 11.3 Å². The SMILES string of the molecule is N#Cc1ccc(Nc2nccc(Nc3c(Cl)ccc(C(F)(F)F)c3Cl)n2)cc1. The summed E-state index contributed by atoms with van der Waals surface area (Å²) in [5.74, 6) is 0.378. The second-order valence-corrected chi connectivity index (χ2v) is 6.27. The van der Waals surface area contributed by atoms with Gasteiger partial charge in [-0.1, -0.05) is 23.2 Å². The van der Waals surface area contributed by atoms with Crippen LogP contribution in [0.1, 0.15) is 11.1 Å². The van der Waals surface area contributed by atoms with Crippen molar-refractivity contribution in [2.75, 3.05) is 10.6 Å². The molecule has 3 rings (SSSR count). The summed E-state index contributed by atoms with van der Waals surface area (Å²) in [6.07, 6.45) is -3.21. The molecule has 1 heterocycles. The van der Waals surface area contributed by atoms with Crippen LogP contribution < -0.4 is 10.6 Å². The van der Waals surface area contributed by atoms with E-state index in [1.54, 1.807) is 24.3 Å². The summed E-state index contributed by atoms with van der Waals surface area (Å²) in [6, 6.07) is 12.0. The van der Waals surface area contributed by atoms with E-state index in [1.807, 2.05) is 6.07 Å². The molecule has 0 unspecified atom stereocenters. The Morgan fingerprint density at radius 2 is 1.68 bits per heavy atom. The van der Waals surface area contributed by atoms with Crippen molar-refractivity contribution in [1.82, 2.24) is 9.97 Å². The van der Waals surface area contributed by atoms with Crippen molar-refractivity contribution >= 4 is 46.3 Å². The number of alkyl halides is 3. The Bertz CT molecular complexity index is 1050. The van der Waals surface area contributed by atoms with Gasteiger partial charge in [0.2, 0.25) is 5.95 Å². The lowest BCUT2D eigenvalue weighted by atomic mass is 10.2. The zero-order chi connectivity index (χ0) is 20.3. The molecule has 10 heteroatoms. The maximum atomic E-state index is 13.0. The molecule has 0 amide bonds. The van der Waals surface area contributed by atoms with Gasteiger partial charge in [-0.15, -0.1) is 0 Å². The molecule has 0 radical (unpaired) electrons. The van der Waals surface area contributed by atoms with Gasteiger partial charge in [-0.2, -0.15) is 23.4 Å². The predicted molar refractivity (Wildman–Crippen MR) is 101 cm³/mol. The van der Waals surface area contributed by atoms with Crippen molar-refractivity contribution in [2.45, 2.75) is 6.18 Å². The molecule has 2 aromatic carbocycles. The Kier molecular flexibility index (Phi) is 5.58. The van der Waals surface area contributed by atoms with Gasteiger partial charge in [-0.3, -0.25) is 0 Å². The first kappa shape index (κ1) is 19.7. The Morgan fingerprint density at radius 3 is 2.32 bits per heavy atom. The molecule has 3 aromatic rings. The van der Waals surface area contributed by atoms with Crippen molar-refractivity contribution < 1.29 is 13.2 Å². The minimum atomic E-state index is -4.62. The van der Waals surface area contributed by atoms with Crippen molar-refractivity contribution in [1.29, 1.82) is 5.26 Å². The molecule has 2 N–H and O–H groups in total. The Morgan fingerprint density at radius 1 is 0.964 bits per heavy atom. The van der Waals surface area contributed by atoms with Crippen LogP contribution in [0.15, 0.2) is 48.7 Å². The number of hydrogen-bond acceptors (Lipinski definition) is 5. The number of nitrogens with zero attached hydrogens (tertiary/aromatic N) is 3. The fourth-order valence-corrected chi connectivity index (χ4v) is 2.83. The molecule has 0 spiro atoms. The summed E-state index contributed by atoms with van der Waals surface area (Å²) < 4.78 is 39.1. The van der Waals surface area contributed by atoms with Gasteiger partial charge in [0.25, 0.3) is 0 Å². The van der Waals surface area contributed by atoms with Crippen LogP contribution >= 0.6 is 23.2 Å². The number of hydrogen-bond donors (Lipinski definition) is 2. The number of halogens is 5. The molecule has 0 aliphatic heterocycles. The number of benzene rings is 2. The first-order chi connectivity index (χ1) is 13.3. The van der Waals surface area contributed by atoms with Gasteiger partial charge in [0, 0.05) is 11.9 Å². The van der Waals surface area contributed by atoms with Crippen LogP contribution in [0.25, 0.3) is 0 Å². The fraction of sp³-hybridized carbons (Fsp3) is 0.0556. The van der Waals surface area contributed by atoms with E-state index in [0.29, 0.717) is 11.3 Å². The molecular weight excluding hydrogens is 414 g/mol. The van der Waals surface area contributed by atoms with E-state index < -0.39 is 16.8 Å². The third-order valence-corrected chi connectivity index (χ3v) is 4.28. The lowest BCUT2D eigenvalue weighted by molar-refractivity contribution is -0.137. The average Bonchev–Trinajstić information content (AvgIpc) is 2.65. The standard InChI is InChI=1S/C18H10Cl2F3N5/c19-13-6-5-12(18(21,22)23)15(20)16(13)27-14-7-8-25-17(28-14)26-11-3-1-10(9-24)2-4-11/h1-8H,(H2,25,26,27,28). The summed E-state index contributed by atoms with van der Waals surface area (Å²) in [4.78, 5) is 8.23. The van der Waals surface area contributed by atoms with Gasteiger partial charge in [0.15, 0.2) is 0 Å². The molecule has 0 saturated heterocycles. The Hall–Kier alpha value is -3.02. The van der Waals surface area contributed by atoms with Crippen molar-refractivity contribution in [3.8, 4) is 6.07 Å². The lowest BCUT2D eigenvalue weighted by Crippen LogP contribution is -2.08. The van der Waals surface area contributed by atoms with Crippen LogP contribution in [0.5, 0.6) is 0 Å². The minimum absolute atomic E-state index is 0.0122. The van der Waals surface area contributed by atoms with Crippen LogP contribution in [0.3, 0.4) is 0 Å². The van der Waals surface area contributed by atoms with Crippen molar-refractivity contribution in [2.24, 2.45) is 0 Å². The summed E-state index contributed by atoms with van der Waals surface area (Å²) >= 11 is 11.9. The smallest absolute Gasteiger partial charge is 0.338 e. The summed E-state index contributed by atoms with van der Waals surface area (Å²) in [5, 5.41) is 13.9. The predicted octanol–water partition coefficient (Wildman–Crippen LogP) is 6.16. The first-order valence-corrected chi connectivity index (χ1v) is 8.46. The maximum Gasteiger partial charge on any atom is 0.417 e. The molecular formula is C18H10Cl2F3N5. The summed E-state index contributed by atoms with van der Waals surface area (Å²) in [5.41, 5.74) is 0.00855. The molecule has 142 valence electrons. The van der Waals surface area contributed by atoms with E-state index in [2.05, 4.69) is 20.6 Å². The summed E-state index contributed by atoms with van der Waals surface area (Å²) in [6.45, 7) is 0. The highest BCUT2D eigenvalue weighted by molar-refractivity contribution is 6.39. The van der Waals surface area contributed by atoms with Gasteiger partial charge in [-0.05, 0) is 42.5 Å². The molecule has 0 aliphatic carbocycles. The molecule has 1 aromatic heterocycles. The van der Waals surface area contributed by atoms with Crippen molar-refractivity contribution in [3.05, 3.63) is 69.8 Å². The summed E-state index contributed by atoms with van der Waals surface area (Å²) in [7, 11) is 0. The topological polar surface area (TPSA) is 73.6 Å². The van der Waals surface area contributed by atoms with E-state index in [-0.39, 0.29) is 22.5 Å². The second-order valence-electron chi connectivity index (χ2n) is 5.49. The average molecular weight is 424 g/mol. The number of anilines is 4. The molecule has 0 saturated carbocycles. The zero-order valence-electron chi connectivity index (χ0n) is 13.9. The second kappa shape index (κ2) is 7.92. The van der Waals surface area contributed by atoms with Gasteiger partial charge in [0.1, 0.15) is 5.82 Å². The van der Waals surface area contributed by atoms with Gasteiger partial charge >= 0.3 is 6.18 Å². The molecule has 0 fully saturated rings. The fourth-order valence-electron chi connectivity index (χ4n) is 2.26. The van der Waals surface area contributed by atoms with Crippen LogP contribution in [0.4, 0.5) is 36.3 Å². The minimum Gasteiger partial charge on any atom is -0.338 e. The lowest BCUT2D eigenvalue weighted by Gasteiger charge is -2.15. The highest BCUT2D eigenvalue weighted by Gasteiger charge is 2.34. The number of rotatable bonds is 4. The molecule has 0 atom stereocenters. The van der Waals surface area contributed by atoms with E-state index in [4.69, 9.17) is 28.5 Å². The monoisotopic (exact) mass is 423 g/mol. The number of aromatic nitrogens is 2. The first-order valence-electron chi connectivity index (χ1n) is 7.70. The Balaban J connectivity index is 1.86. The van der Waals surface area contributed by atoms with Gasteiger partial charge < -0.3 is 10.6 Å². The highest BCUT2D eigenvalue weighted by atomic mass is 35.5. The van der Waals surface area contributed by atoms with Crippen LogP contribution in [0.2, 0.25) is 10.0 Å². The van der Waals surface area contributed by atoms with Gasteiger partial charge in [-0.25, -0.2) is 4.98 Å². The molecule has 5 nitrogen and oxygen atoms in total. The third-order valence-electron chi connectivity index (χ3n) is 3.58. The van der Waals surface area contributed by atoms with E-state index in [1.165, 1.54) is 12.3 Å². The largest absolute Gasteiger partial charge is 0.417 e. The number of nitrogens with one attached hydrogen (secondary N) is 2. The third kappa shape index (κ3) is 4.44. The molecule has 28 heavy (non-hydrogen) atoms. The van der Waals surface area contributed by atoms with Crippen LogP contribution in [-0.4, -0.2) is 9.97 Å². The quantitative estimate of drug-likeness (QED) is 0.525. The van der Waals surface area contributed by atoms with Crippen molar-refractivity contribution in [3.63, 3.8) is 0 Å². The maximum absolute atomic E-state index is 13.0. The highest BCUT2D eigenvalue weighted by Crippen LogP contribution is 2.42. The van der Waals surface area contributed by atoms with Gasteiger partial charge in [0.05, 0.1) is 32.9 Å². The van der Waals surface area contributed by atoms with E-state index in [9.17, 15) is 13.2 Å². The van der Waals surface area contributed by atoms with E-state index in [0.717, 1.165) is 12.1 Å². The van der Waals surface area contributed by atoms with E-state index >= 15 is 0 Å². The molecule has 0 aliphatic rings. The zero-order valence-corrected chi connectivity index (χ0v) is 15.4. The Labute approximate surface area is 167 Å². The molecule has 0 bridgehead atoms. The van der Waals surface area contributed by atoms with Crippen LogP contribution in [-0.2, 0) is 6.18 Å². The normalized spacial score (nSPS) is 11.0.